The Balaban J connectivity index is 1.62. The zero-order valence-electron chi connectivity index (χ0n) is 17.0. The van der Waals surface area contributed by atoms with E-state index >= 15 is 0 Å². The van der Waals surface area contributed by atoms with Gasteiger partial charge in [0.05, 0.1) is 5.75 Å². The van der Waals surface area contributed by atoms with E-state index in [2.05, 4.69) is 34.6 Å². The molecule has 1 amide bonds. The molecular formula is C22H26N4O2S. The van der Waals surface area contributed by atoms with Crippen LogP contribution in [0.3, 0.4) is 0 Å². The number of para-hydroxylation sites is 1. The molecule has 3 aromatic rings. The summed E-state index contributed by atoms with van der Waals surface area (Å²) in [6.45, 7) is 6.82. The molecule has 6 nitrogen and oxygen atoms in total. The first kappa shape index (κ1) is 20.9. The van der Waals surface area contributed by atoms with Gasteiger partial charge in [-0.2, -0.15) is 0 Å². The highest BCUT2D eigenvalue weighted by Crippen LogP contribution is 2.25. The molecule has 0 aliphatic heterocycles. The third-order valence-corrected chi connectivity index (χ3v) is 5.43. The fourth-order valence-electron chi connectivity index (χ4n) is 2.91. The maximum Gasteiger partial charge on any atom is 0.234 e. The SMILES string of the molecule is CCc1ccc(O[C@@H](C)c2nnc(SCC(=O)Nc3ccccc3)n2CC)cc1. The fourth-order valence-corrected chi connectivity index (χ4v) is 3.72. The molecule has 1 aromatic heterocycles. The van der Waals surface area contributed by atoms with E-state index in [1.807, 2.05) is 60.9 Å². The maximum atomic E-state index is 12.2. The first-order valence-corrected chi connectivity index (χ1v) is 10.8. The normalized spacial score (nSPS) is 11.8. The minimum absolute atomic E-state index is 0.0753. The molecule has 0 aliphatic carbocycles. The smallest absolute Gasteiger partial charge is 0.234 e. The molecule has 0 radical (unpaired) electrons. The topological polar surface area (TPSA) is 69.0 Å². The predicted molar refractivity (Wildman–Crippen MR) is 116 cm³/mol. The van der Waals surface area contributed by atoms with Crippen LogP contribution in [0.25, 0.3) is 0 Å². The highest BCUT2D eigenvalue weighted by molar-refractivity contribution is 7.99. The van der Waals surface area contributed by atoms with Crippen molar-refractivity contribution in [2.75, 3.05) is 11.1 Å². The van der Waals surface area contributed by atoms with Gasteiger partial charge in [-0.3, -0.25) is 4.79 Å². The van der Waals surface area contributed by atoms with Gasteiger partial charge in [-0.25, -0.2) is 0 Å². The summed E-state index contributed by atoms with van der Waals surface area (Å²) in [6.07, 6.45) is 0.751. The predicted octanol–water partition coefficient (Wildman–Crippen LogP) is 4.73. The van der Waals surface area contributed by atoms with Gasteiger partial charge in [-0.05, 0) is 50.1 Å². The number of thioether (sulfide) groups is 1. The molecule has 0 fully saturated rings. The summed E-state index contributed by atoms with van der Waals surface area (Å²) in [5.74, 6) is 1.74. The van der Waals surface area contributed by atoms with Gasteiger partial charge in [0.2, 0.25) is 5.91 Å². The molecule has 1 atom stereocenters. The lowest BCUT2D eigenvalue weighted by Gasteiger charge is -2.16. The van der Waals surface area contributed by atoms with Gasteiger partial charge in [0.15, 0.2) is 17.1 Å². The lowest BCUT2D eigenvalue weighted by molar-refractivity contribution is -0.113. The van der Waals surface area contributed by atoms with Gasteiger partial charge >= 0.3 is 0 Å². The molecule has 7 heteroatoms. The highest BCUT2D eigenvalue weighted by Gasteiger charge is 2.19. The van der Waals surface area contributed by atoms with Crippen molar-refractivity contribution in [1.29, 1.82) is 0 Å². The van der Waals surface area contributed by atoms with E-state index in [9.17, 15) is 4.79 Å². The first-order chi connectivity index (χ1) is 14.1. The summed E-state index contributed by atoms with van der Waals surface area (Å²) in [7, 11) is 0. The molecule has 0 saturated carbocycles. The number of hydrogen-bond acceptors (Lipinski definition) is 5. The Kier molecular flexibility index (Phi) is 7.30. The zero-order valence-corrected chi connectivity index (χ0v) is 17.8. The summed E-state index contributed by atoms with van der Waals surface area (Å²) in [5.41, 5.74) is 2.06. The second-order valence-corrected chi connectivity index (χ2v) is 7.49. The number of nitrogens with zero attached hydrogens (tertiary/aromatic N) is 3. The molecule has 0 bridgehead atoms. The van der Waals surface area contributed by atoms with E-state index in [4.69, 9.17) is 4.74 Å². The number of aromatic nitrogens is 3. The average Bonchev–Trinajstić information content (AvgIpc) is 3.16. The summed E-state index contributed by atoms with van der Waals surface area (Å²) in [5, 5.41) is 12.2. The van der Waals surface area contributed by atoms with Crippen LogP contribution in [0.4, 0.5) is 5.69 Å². The molecule has 29 heavy (non-hydrogen) atoms. The van der Waals surface area contributed by atoms with Gasteiger partial charge in [-0.1, -0.05) is 49.0 Å². The zero-order chi connectivity index (χ0) is 20.6. The van der Waals surface area contributed by atoms with Crippen LogP contribution in [0.15, 0.2) is 59.8 Å². The largest absolute Gasteiger partial charge is 0.483 e. The van der Waals surface area contributed by atoms with Crippen LogP contribution in [-0.2, 0) is 17.8 Å². The molecule has 0 aliphatic rings. The summed E-state index contributed by atoms with van der Waals surface area (Å²) >= 11 is 1.37. The molecule has 2 aromatic carbocycles. The van der Waals surface area contributed by atoms with E-state index in [1.54, 1.807) is 0 Å². The number of rotatable bonds is 9. The molecule has 1 N–H and O–H groups in total. The summed E-state index contributed by atoms with van der Waals surface area (Å²) in [4.78, 5) is 12.2. The Hall–Kier alpha value is -2.80. The highest BCUT2D eigenvalue weighted by atomic mass is 32.2. The van der Waals surface area contributed by atoms with Crippen LogP contribution in [0.5, 0.6) is 5.75 Å². The van der Waals surface area contributed by atoms with Gasteiger partial charge in [-0.15, -0.1) is 10.2 Å². The first-order valence-electron chi connectivity index (χ1n) is 9.77. The molecule has 1 heterocycles. The van der Waals surface area contributed by atoms with Crippen LogP contribution in [0.1, 0.15) is 38.3 Å². The number of ether oxygens (including phenoxy) is 1. The van der Waals surface area contributed by atoms with Gasteiger partial charge in [0.25, 0.3) is 0 Å². The molecule has 0 saturated heterocycles. The van der Waals surface area contributed by atoms with E-state index in [0.717, 1.165) is 23.7 Å². The van der Waals surface area contributed by atoms with Gasteiger partial charge in [0, 0.05) is 12.2 Å². The summed E-state index contributed by atoms with van der Waals surface area (Å²) in [6, 6.07) is 17.5. The van der Waals surface area contributed by atoms with E-state index in [1.165, 1.54) is 17.3 Å². The van der Waals surface area contributed by atoms with Gasteiger partial charge < -0.3 is 14.6 Å². The van der Waals surface area contributed by atoms with E-state index in [-0.39, 0.29) is 17.8 Å². The third-order valence-electron chi connectivity index (χ3n) is 4.46. The Morgan fingerprint density at radius 2 is 1.83 bits per heavy atom. The number of nitrogens with one attached hydrogen (secondary N) is 1. The quantitative estimate of drug-likeness (QED) is 0.517. The van der Waals surface area contributed by atoms with Crippen molar-refractivity contribution in [2.45, 2.75) is 45.0 Å². The lowest BCUT2D eigenvalue weighted by Crippen LogP contribution is -2.15. The van der Waals surface area contributed by atoms with Crippen molar-refractivity contribution in [1.82, 2.24) is 14.8 Å². The van der Waals surface area contributed by atoms with Crippen LogP contribution in [0.2, 0.25) is 0 Å². The average molecular weight is 411 g/mol. The lowest BCUT2D eigenvalue weighted by atomic mass is 10.2. The standard InChI is InChI=1S/C22H26N4O2S/c1-4-17-11-13-19(14-12-17)28-16(3)21-24-25-22(26(21)5-2)29-15-20(27)23-18-9-7-6-8-10-18/h6-14,16H,4-5,15H2,1-3H3,(H,23,27)/t16-/m0/s1. The molecule has 152 valence electrons. The van der Waals surface area contributed by atoms with Gasteiger partial charge in [0.1, 0.15) is 5.75 Å². The second kappa shape index (κ2) is 10.1. The van der Waals surface area contributed by atoms with Crippen molar-refractivity contribution in [2.24, 2.45) is 0 Å². The molecule has 0 spiro atoms. The molecule has 3 rings (SSSR count). The van der Waals surface area contributed by atoms with Crippen molar-refractivity contribution in [3.8, 4) is 5.75 Å². The Morgan fingerprint density at radius 1 is 1.10 bits per heavy atom. The fraction of sp³-hybridized carbons (Fsp3) is 0.318. The van der Waals surface area contributed by atoms with Crippen molar-refractivity contribution < 1.29 is 9.53 Å². The number of benzene rings is 2. The van der Waals surface area contributed by atoms with Crippen LogP contribution in [-0.4, -0.2) is 26.4 Å². The minimum Gasteiger partial charge on any atom is -0.483 e. The third kappa shape index (κ3) is 5.60. The van der Waals surface area contributed by atoms with Crippen LogP contribution in [0, 0.1) is 0 Å². The minimum atomic E-state index is -0.248. The van der Waals surface area contributed by atoms with Crippen LogP contribution >= 0.6 is 11.8 Å². The number of aryl methyl sites for hydroxylation is 1. The van der Waals surface area contributed by atoms with E-state index in [0.29, 0.717) is 11.7 Å². The summed E-state index contributed by atoms with van der Waals surface area (Å²) < 4.78 is 8.04. The number of hydrogen-bond donors (Lipinski definition) is 1. The maximum absolute atomic E-state index is 12.2. The van der Waals surface area contributed by atoms with Crippen LogP contribution < -0.4 is 10.1 Å². The second-order valence-electron chi connectivity index (χ2n) is 6.55. The Bertz CT molecular complexity index is 926. The monoisotopic (exact) mass is 410 g/mol. The van der Waals surface area contributed by atoms with Crippen molar-refractivity contribution >= 4 is 23.4 Å². The van der Waals surface area contributed by atoms with Crippen molar-refractivity contribution in [3.05, 3.63) is 66.0 Å². The number of carbonyl (C=O) groups is 1. The number of carbonyl (C=O) groups excluding carboxylic acids is 1. The number of anilines is 1. The Labute approximate surface area is 175 Å². The molecule has 0 unspecified atom stereocenters. The van der Waals surface area contributed by atoms with Crippen molar-refractivity contribution in [3.63, 3.8) is 0 Å². The Morgan fingerprint density at radius 3 is 2.48 bits per heavy atom. The molecular weight excluding hydrogens is 384 g/mol. The number of amides is 1. The van der Waals surface area contributed by atoms with E-state index < -0.39 is 0 Å².